The van der Waals surface area contributed by atoms with Gasteiger partial charge in [0.15, 0.2) is 0 Å². The van der Waals surface area contributed by atoms with Gasteiger partial charge in [-0.15, -0.1) is 0 Å². The average molecular weight is 167 g/mol. The molecule has 0 spiro atoms. The third-order valence-electron chi connectivity index (χ3n) is 0.946. The Bertz CT molecular complexity index is 219. The summed E-state index contributed by atoms with van der Waals surface area (Å²) in [5.74, 6) is -2.19. The highest BCUT2D eigenvalue weighted by atomic mass is 32.2. The summed E-state index contributed by atoms with van der Waals surface area (Å²) in [4.78, 5) is 10.2. The van der Waals surface area contributed by atoms with E-state index in [9.17, 15) is 13.2 Å². The van der Waals surface area contributed by atoms with Gasteiger partial charge in [-0.2, -0.15) is 8.42 Å². The molecule has 0 rings (SSSR count). The molecule has 60 valence electrons. The maximum absolute atomic E-state index is 10.2. The Morgan fingerprint density at radius 3 is 2.20 bits per heavy atom. The van der Waals surface area contributed by atoms with Gasteiger partial charge in [-0.1, -0.05) is 6.92 Å². The lowest BCUT2D eigenvalue weighted by molar-refractivity contribution is -0.120. The number of primary amides is 1. The molecule has 0 heterocycles. The number of carbonyl (C=O) groups excluding carboxylic acids is 1. The normalized spacial score (nSPS) is 14.6. The van der Waals surface area contributed by atoms with Crippen molar-refractivity contribution in [2.45, 2.75) is 6.92 Å². The van der Waals surface area contributed by atoms with Gasteiger partial charge < -0.3 is 5.73 Å². The zero-order valence-corrected chi connectivity index (χ0v) is 6.26. The van der Waals surface area contributed by atoms with E-state index in [0.29, 0.717) is 0 Å². The third kappa shape index (κ3) is 4.28. The van der Waals surface area contributed by atoms with Gasteiger partial charge >= 0.3 is 0 Å². The first-order valence-electron chi connectivity index (χ1n) is 2.57. The second-order valence-electron chi connectivity index (χ2n) is 2.05. The fourth-order valence-corrected chi connectivity index (χ4v) is 1.19. The highest BCUT2D eigenvalue weighted by molar-refractivity contribution is 7.85. The lowest BCUT2D eigenvalue weighted by atomic mass is 10.2. The molecule has 0 aromatic rings. The summed E-state index contributed by atoms with van der Waals surface area (Å²) in [5.41, 5.74) is 4.73. The van der Waals surface area contributed by atoms with Gasteiger partial charge in [0, 0.05) is 0 Å². The first-order chi connectivity index (χ1) is 4.33. The Kier molecular flexibility index (Phi) is 2.79. The van der Waals surface area contributed by atoms with Crippen LogP contribution in [0.5, 0.6) is 0 Å². The van der Waals surface area contributed by atoms with Crippen molar-refractivity contribution in [3.05, 3.63) is 0 Å². The van der Waals surface area contributed by atoms with Crippen molar-refractivity contribution in [2.75, 3.05) is 5.75 Å². The lowest BCUT2D eigenvalue weighted by Gasteiger charge is -2.01. The molecule has 1 amide bonds. The maximum Gasteiger partial charge on any atom is 0.265 e. The molecule has 0 saturated heterocycles. The molecule has 0 aliphatic heterocycles. The summed E-state index contributed by atoms with van der Waals surface area (Å²) >= 11 is 0. The number of amides is 1. The third-order valence-corrected chi connectivity index (χ3v) is 1.87. The van der Waals surface area contributed by atoms with E-state index in [4.69, 9.17) is 10.3 Å². The van der Waals surface area contributed by atoms with E-state index < -0.39 is 27.7 Å². The summed E-state index contributed by atoms with van der Waals surface area (Å²) < 4.78 is 28.4. The maximum atomic E-state index is 10.2. The Balaban J connectivity index is 4.06. The molecule has 0 fully saturated rings. The van der Waals surface area contributed by atoms with Gasteiger partial charge in [0.25, 0.3) is 10.1 Å². The van der Waals surface area contributed by atoms with E-state index >= 15 is 0 Å². The van der Waals surface area contributed by atoms with E-state index in [1.165, 1.54) is 6.92 Å². The van der Waals surface area contributed by atoms with Crippen molar-refractivity contribution in [2.24, 2.45) is 11.7 Å². The van der Waals surface area contributed by atoms with Gasteiger partial charge in [-0.25, -0.2) is 0 Å². The Hall–Kier alpha value is -0.620. The molecule has 0 aromatic carbocycles. The Morgan fingerprint density at radius 2 is 2.10 bits per heavy atom. The van der Waals surface area contributed by atoms with E-state index in [1.807, 2.05) is 0 Å². The molecule has 5 nitrogen and oxygen atoms in total. The molecule has 1 unspecified atom stereocenters. The van der Waals surface area contributed by atoms with Gasteiger partial charge in [0.1, 0.15) is 0 Å². The monoisotopic (exact) mass is 167 g/mol. The minimum atomic E-state index is -4.07. The van der Waals surface area contributed by atoms with Crippen LogP contribution in [-0.2, 0) is 14.9 Å². The topological polar surface area (TPSA) is 97.5 Å². The average Bonchev–Trinajstić information content (AvgIpc) is 1.60. The quantitative estimate of drug-likeness (QED) is 0.526. The number of nitrogens with two attached hydrogens (primary N) is 1. The van der Waals surface area contributed by atoms with Crippen LogP contribution in [0.1, 0.15) is 6.92 Å². The van der Waals surface area contributed by atoms with E-state index in [-0.39, 0.29) is 0 Å². The Labute approximate surface area is 59.0 Å². The summed E-state index contributed by atoms with van der Waals surface area (Å²) in [7, 11) is -4.07. The smallest absolute Gasteiger partial charge is 0.265 e. The number of carbonyl (C=O) groups is 1. The van der Waals surface area contributed by atoms with Crippen molar-refractivity contribution >= 4 is 16.0 Å². The summed E-state index contributed by atoms with van der Waals surface area (Å²) in [6, 6.07) is 0. The zero-order valence-electron chi connectivity index (χ0n) is 5.44. The second kappa shape index (κ2) is 2.98. The summed E-state index contributed by atoms with van der Waals surface area (Å²) in [6.45, 7) is 1.33. The minimum absolute atomic E-state index is 0.609. The van der Waals surface area contributed by atoms with Crippen molar-refractivity contribution < 1.29 is 17.8 Å². The van der Waals surface area contributed by atoms with E-state index in [2.05, 4.69) is 0 Å². The summed E-state index contributed by atoms with van der Waals surface area (Å²) in [6.07, 6.45) is 0. The molecule has 10 heavy (non-hydrogen) atoms. The summed E-state index contributed by atoms with van der Waals surface area (Å²) in [5, 5.41) is 0. The highest BCUT2D eigenvalue weighted by Gasteiger charge is 2.16. The first-order valence-corrected chi connectivity index (χ1v) is 4.18. The standard InChI is InChI=1S/C4H9NO4S/c1-3(4(5)6)2-10(7,8)9/h3H,2H2,1H3,(H2,5,6)(H,7,8,9). The predicted octanol–water partition coefficient (Wildman–Crippen LogP) is -1.00. The van der Waals surface area contributed by atoms with E-state index in [0.717, 1.165) is 0 Å². The molecule has 6 heteroatoms. The molecular formula is C4H9NO4S. The second-order valence-corrected chi connectivity index (χ2v) is 3.55. The zero-order chi connectivity index (χ0) is 8.36. The molecule has 0 aliphatic rings. The largest absolute Gasteiger partial charge is 0.369 e. The van der Waals surface area contributed by atoms with Crippen molar-refractivity contribution in [1.82, 2.24) is 0 Å². The van der Waals surface area contributed by atoms with Crippen LogP contribution in [0.2, 0.25) is 0 Å². The van der Waals surface area contributed by atoms with Crippen LogP contribution in [0, 0.1) is 5.92 Å². The molecule has 0 aromatic heterocycles. The van der Waals surface area contributed by atoms with Crippen LogP contribution in [0.25, 0.3) is 0 Å². The fourth-order valence-electron chi connectivity index (χ4n) is 0.398. The van der Waals surface area contributed by atoms with Crippen LogP contribution in [0.15, 0.2) is 0 Å². The van der Waals surface area contributed by atoms with Crippen molar-refractivity contribution in [3.8, 4) is 0 Å². The molecule has 0 bridgehead atoms. The number of hydrogen-bond donors (Lipinski definition) is 2. The minimum Gasteiger partial charge on any atom is -0.369 e. The van der Waals surface area contributed by atoms with Gasteiger partial charge in [0.05, 0.1) is 11.7 Å². The molecule has 0 aliphatic carbocycles. The SMILES string of the molecule is CC(CS(=O)(=O)O)C(N)=O. The molecule has 0 saturated carbocycles. The predicted molar refractivity (Wildman–Crippen MR) is 34.8 cm³/mol. The number of hydrogen-bond acceptors (Lipinski definition) is 3. The molecule has 0 radical (unpaired) electrons. The molecule has 3 N–H and O–H groups in total. The van der Waals surface area contributed by atoms with Gasteiger partial charge in [-0.05, 0) is 0 Å². The highest BCUT2D eigenvalue weighted by Crippen LogP contribution is 1.96. The van der Waals surface area contributed by atoms with Crippen LogP contribution in [0.3, 0.4) is 0 Å². The first kappa shape index (κ1) is 9.38. The van der Waals surface area contributed by atoms with E-state index in [1.54, 1.807) is 0 Å². The fraction of sp³-hybridized carbons (Fsp3) is 0.750. The lowest BCUT2D eigenvalue weighted by Crippen LogP contribution is -2.26. The van der Waals surface area contributed by atoms with Crippen LogP contribution >= 0.6 is 0 Å². The number of rotatable bonds is 3. The molecule has 1 atom stereocenters. The van der Waals surface area contributed by atoms with Crippen LogP contribution in [0.4, 0.5) is 0 Å². The molecular weight excluding hydrogens is 158 g/mol. The Morgan fingerprint density at radius 1 is 1.70 bits per heavy atom. The van der Waals surface area contributed by atoms with Gasteiger partial charge in [-0.3, -0.25) is 9.35 Å². The van der Waals surface area contributed by atoms with Crippen LogP contribution < -0.4 is 5.73 Å². The van der Waals surface area contributed by atoms with Crippen molar-refractivity contribution in [1.29, 1.82) is 0 Å². The van der Waals surface area contributed by atoms with Gasteiger partial charge in [0.2, 0.25) is 5.91 Å². The van der Waals surface area contributed by atoms with Crippen molar-refractivity contribution in [3.63, 3.8) is 0 Å². The van der Waals surface area contributed by atoms with Crippen LogP contribution in [-0.4, -0.2) is 24.6 Å².